The fourth-order valence-electron chi connectivity index (χ4n) is 3.77. The summed E-state index contributed by atoms with van der Waals surface area (Å²) in [4.78, 5) is 31.6. The van der Waals surface area contributed by atoms with Crippen molar-refractivity contribution in [1.82, 2.24) is 20.4 Å². The molecule has 7 nitrogen and oxygen atoms in total. The number of imide groups is 1. The first-order valence-electron chi connectivity index (χ1n) is 8.92. The Morgan fingerprint density at radius 1 is 1.28 bits per heavy atom. The van der Waals surface area contributed by atoms with Crippen LogP contribution < -0.4 is 5.32 Å². The zero-order valence-electron chi connectivity index (χ0n) is 15.0. The van der Waals surface area contributed by atoms with Crippen molar-refractivity contribution in [1.29, 1.82) is 0 Å². The van der Waals surface area contributed by atoms with Gasteiger partial charge in [-0.2, -0.15) is 16.7 Å². The summed E-state index contributed by atoms with van der Waals surface area (Å²) in [6, 6.07) is -0.242. The molecule has 1 saturated carbocycles. The molecule has 3 rings (SSSR count). The number of hydrogen-bond donors (Lipinski definition) is 1. The van der Waals surface area contributed by atoms with E-state index in [0.29, 0.717) is 23.9 Å². The standard InChI is InChI=1S/C17H26N4O3S/c1-10(18-2)8-14-19-15(24-20-14)13(9-25-3)21-16(22)11-6-4-5-7-12(11)17(21)23/h10-13,18H,4-9H2,1-3H3. The van der Waals surface area contributed by atoms with Gasteiger partial charge in [0.2, 0.25) is 11.8 Å². The van der Waals surface area contributed by atoms with Crippen LogP contribution in [-0.4, -0.2) is 52.0 Å². The Kier molecular flexibility index (Phi) is 5.78. The third-order valence-corrected chi connectivity index (χ3v) is 5.91. The lowest BCUT2D eigenvalue weighted by atomic mass is 9.81. The van der Waals surface area contributed by atoms with Gasteiger partial charge in [0.25, 0.3) is 5.89 Å². The van der Waals surface area contributed by atoms with Crippen molar-refractivity contribution in [3.05, 3.63) is 11.7 Å². The Labute approximate surface area is 152 Å². The molecule has 2 fully saturated rings. The molecule has 1 aliphatic carbocycles. The molecule has 1 saturated heterocycles. The van der Waals surface area contributed by atoms with Crippen molar-refractivity contribution >= 4 is 23.6 Å². The molecule has 1 aromatic rings. The Bertz CT molecular complexity index is 611. The molecule has 138 valence electrons. The van der Waals surface area contributed by atoms with Gasteiger partial charge in [-0.15, -0.1) is 0 Å². The van der Waals surface area contributed by atoms with E-state index in [9.17, 15) is 9.59 Å². The molecule has 0 aromatic carbocycles. The Balaban J connectivity index is 1.83. The van der Waals surface area contributed by atoms with Crippen LogP contribution in [0.3, 0.4) is 0 Å². The average molecular weight is 366 g/mol. The quantitative estimate of drug-likeness (QED) is 0.736. The summed E-state index contributed by atoms with van der Waals surface area (Å²) in [5.74, 6) is 1.11. The molecular formula is C17H26N4O3S. The second-order valence-corrected chi connectivity index (χ2v) is 7.87. The van der Waals surface area contributed by atoms with E-state index in [0.717, 1.165) is 25.7 Å². The second kappa shape index (κ2) is 7.86. The number of rotatable bonds is 7. The van der Waals surface area contributed by atoms with E-state index in [1.165, 1.54) is 4.90 Å². The number of amides is 2. The SMILES string of the molecule is CNC(C)Cc1noc(C(CSC)N2C(=O)C3CCCCC3C2=O)n1. The number of thioether (sulfide) groups is 1. The van der Waals surface area contributed by atoms with Crippen molar-refractivity contribution < 1.29 is 14.1 Å². The van der Waals surface area contributed by atoms with Crippen molar-refractivity contribution in [2.45, 2.75) is 51.1 Å². The van der Waals surface area contributed by atoms with Gasteiger partial charge in [-0.25, -0.2) is 0 Å². The Morgan fingerprint density at radius 3 is 2.48 bits per heavy atom. The number of aromatic nitrogens is 2. The van der Waals surface area contributed by atoms with E-state index in [4.69, 9.17) is 4.52 Å². The summed E-state index contributed by atoms with van der Waals surface area (Å²) in [5.41, 5.74) is 0. The third-order valence-electron chi connectivity index (χ3n) is 5.26. The van der Waals surface area contributed by atoms with Crippen LogP contribution in [0.4, 0.5) is 0 Å². The number of nitrogens with zero attached hydrogens (tertiary/aromatic N) is 3. The van der Waals surface area contributed by atoms with E-state index in [2.05, 4.69) is 15.5 Å². The Hall–Kier alpha value is -1.41. The van der Waals surface area contributed by atoms with Crippen LogP contribution in [0.1, 0.15) is 50.4 Å². The van der Waals surface area contributed by atoms with Gasteiger partial charge in [-0.1, -0.05) is 18.0 Å². The van der Waals surface area contributed by atoms with Crippen molar-refractivity contribution in [2.24, 2.45) is 11.8 Å². The molecule has 8 heteroatoms. The summed E-state index contributed by atoms with van der Waals surface area (Å²) in [6.45, 7) is 2.04. The fraction of sp³-hybridized carbons (Fsp3) is 0.765. The maximum absolute atomic E-state index is 12.9. The van der Waals surface area contributed by atoms with Gasteiger partial charge < -0.3 is 9.84 Å². The van der Waals surface area contributed by atoms with Crippen LogP contribution >= 0.6 is 11.8 Å². The number of fused-ring (bicyclic) bond motifs is 1. The van der Waals surface area contributed by atoms with Crippen LogP contribution in [0.25, 0.3) is 0 Å². The van der Waals surface area contributed by atoms with Crippen molar-refractivity contribution in [3.8, 4) is 0 Å². The number of likely N-dealkylation sites (N-methyl/N-ethyl adjacent to an activating group) is 1. The maximum atomic E-state index is 12.9. The monoisotopic (exact) mass is 366 g/mol. The fourth-order valence-corrected chi connectivity index (χ4v) is 4.38. The minimum atomic E-state index is -0.466. The number of nitrogens with one attached hydrogen (secondary N) is 1. The molecule has 2 amide bonds. The number of carbonyl (C=O) groups excluding carboxylic acids is 2. The van der Waals surface area contributed by atoms with E-state index in [1.807, 2.05) is 20.2 Å². The molecule has 25 heavy (non-hydrogen) atoms. The van der Waals surface area contributed by atoms with Gasteiger partial charge in [0.05, 0.1) is 11.8 Å². The molecule has 4 unspecified atom stereocenters. The van der Waals surface area contributed by atoms with Crippen LogP contribution in [0.5, 0.6) is 0 Å². The van der Waals surface area contributed by atoms with E-state index in [-0.39, 0.29) is 29.7 Å². The normalized spacial score (nSPS) is 26.0. The van der Waals surface area contributed by atoms with Gasteiger partial charge >= 0.3 is 0 Å². The molecule has 0 bridgehead atoms. The average Bonchev–Trinajstić information content (AvgIpc) is 3.17. The smallest absolute Gasteiger partial charge is 0.250 e. The number of likely N-dealkylation sites (tertiary alicyclic amines) is 1. The lowest BCUT2D eigenvalue weighted by Crippen LogP contribution is -2.36. The molecule has 1 aliphatic heterocycles. The van der Waals surface area contributed by atoms with Gasteiger partial charge in [0.15, 0.2) is 5.82 Å². The minimum absolute atomic E-state index is 0.0582. The molecular weight excluding hydrogens is 340 g/mol. The van der Waals surface area contributed by atoms with Crippen LogP contribution in [-0.2, 0) is 16.0 Å². The van der Waals surface area contributed by atoms with Gasteiger partial charge in [0.1, 0.15) is 6.04 Å². The number of carbonyl (C=O) groups is 2. The lowest BCUT2D eigenvalue weighted by molar-refractivity contribution is -0.142. The highest BCUT2D eigenvalue weighted by atomic mass is 32.2. The van der Waals surface area contributed by atoms with Crippen LogP contribution in [0.2, 0.25) is 0 Å². The molecule has 0 radical (unpaired) electrons. The summed E-state index contributed by atoms with van der Waals surface area (Å²) in [5, 5.41) is 7.17. The zero-order valence-corrected chi connectivity index (χ0v) is 15.8. The summed E-state index contributed by atoms with van der Waals surface area (Å²) in [6.07, 6.45) is 6.26. The van der Waals surface area contributed by atoms with Crippen LogP contribution in [0, 0.1) is 11.8 Å². The highest BCUT2D eigenvalue weighted by Crippen LogP contribution is 2.41. The topological polar surface area (TPSA) is 88.3 Å². The highest BCUT2D eigenvalue weighted by molar-refractivity contribution is 7.98. The number of hydrogen-bond acceptors (Lipinski definition) is 7. The maximum Gasteiger partial charge on any atom is 0.250 e. The Morgan fingerprint density at radius 2 is 1.92 bits per heavy atom. The molecule has 4 atom stereocenters. The van der Waals surface area contributed by atoms with E-state index < -0.39 is 6.04 Å². The van der Waals surface area contributed by atoms with Crippen molar-refractivity contribution in [3.63, 3.8) is 0 Å². The molecule has 1 aromatic heterocycles. The third kappa shape index (κ3) is 3.60. The van der Waals surface area contributed by atoms with Gasteiger partial charge in [-0.05, 0) is 33.1 Å². The summed E-state index contributed by atoms with van der Waals surface area (Å²) in [7, 11) is 1.88. The predicted molar refractivity (Wildman–Crippen MR) is 94.9 cm³/mol. The minimum Gasteiger partial charge on any atom is -0.337 e. The van der Waals surface area contributed by atoms with Crippen molar-refractivity contribution in [2.75, 3.05) is 19.1 Å². The molecule has 2 aliphatic rings. The summed E-state index contributed by atoms with van der Waals surface area (Å²) >= 11 is 1.57. The molecule has 2 heterocycles. The first-order valence-corrected chi connectivity index (χ1v) is 10.3. The predicted octanol–water partition coefficient (Wildman–Crippen LogP) is 1.80. The lowest BCUT2D eigenvalue weighted by Gasteiger charge is -2.22. The molecule has 1 N–H and O–H groups in total. The molecule has 0 spiro atoms. The van der Waals surface area contributed by atoms with E-state index >= 15 is 0 Å². The highest BCUT2D eigenvalue weighted by Gasteiger charge is 2.51. The second-order valence-electron chi connectivity index (χ2n) is 6.96. The van der Waals surface area contributed by atoms with Gasteiger partial charge in [0, 0.05) is 18.2 Å². The van der Waals surface area contributed by atoms with Gasteiger partial charge in [-0.3, -0.25) is 14.5 Å². The van der Waals surface area contributed by atoms with E-state index in [1.54, 1.807) is 11.8 Å². The first kappa shape index (κ1) is 18.4. The largest absolute Gasteiger partial charge is 0.337 e. The zero-order chi connectivity index (χ0) is 18.0. The first-order chi connectivity index (χ1) is 12.1. The summed E-state index contributed by atoms with van der Waals surface area (Å²) < 4.78 is 5.44. The van der Waals surface area contributed by atoms with Crippen LogP contribution in [0.15, 0.2) is 4.52 Å².